The van der Waals surface area contributed by atoms with E-state index >= 15 is 0 Å². The van der Waals surface area contributed by atoms with E-state index in [4.69, 9.17) is 11.6 Å². The molecule has 20 heavy (non-hydrogen) atoms. The Morgan fingerprint density at radius 1 is 1.30 bits per heavy atom. The molecule has 2 rings (SSSR count). The van der Waals surface area contributed by atoms with Crippen molar-refractivity contribution in [2.24, 2.45) is 0 Å². The third kappa shape index (κ3) is 2.77. The van der Waals surface area contributed by atoms with Gasteiger partial charge in [0.1, 0.15) is 0 Å². The third-order valence-corrected chi connectivity index (χ3v) is 4.03. The van der Waals surface area contributed by atoms with Crippen LogP contribution in [0.1, 0.15) is 5.56 Å². The van der Waals surface area contributed by atoms with Gasteiger partial charge in [-0.1, -0.05) is 17.7 Å². The molecule has 1 atom stereocenters. The molecular formula is C11H9ClF3NO3S. The molecule has 1 aromatic carbocycles. The van der Waals surface area contributed by atoms with Crippen LogP contribution in [0.15, 0.2) is 12.1 Å². The van der Waals surface area contributed by atoms with Gasteiger partial charge in [0.15, 0.2) is 6.23 Å². The topological polar surface area (TPSA) is 55.4 Å². The van der Waals surface area contributed by atoms with Gasteiger partial charge in [-0.15, -0.1) is 0 Å². The first kappa shape index (κ1) is 15.1. The third-order valence-electron chi connectivity index (χ3n) is 2.68. The van der Waals surface area contributed by atoms with Crippen molar-refractivity contribution in [3.05, 3.63) is 33.2 Å². The lowest BCUT2D eigenvalue weighted by Crippen LogP contribution is -2.43. The van der Waals surface area contributed by atoms with Gasteiger partial charge in [-0.2, -0.15) is 21.6 Å². The smallest absolute Gasteiger partial charge is 0.361 e. The molecule has 1 aliphatic heterocycles. The van der Waals surface area contributed by atoms with Crippen LogP contribution in [0, 0.1) is 6.92 Å². The minimum absolute atomic E-state index is 0.395. The maximum Gasteiger partial charge on any atom is 0.523 e. The predicted octanol–water partition coefficient (Wildman–Crippen LogP) is 0.962. The van der Waals surface area contributed by atoms with Gasteiger partial charge in [0.2, 0.25) is 0 Å². The maximum absolute atomic E-state index is 12.2. The van der Waals surface area contributed by atoms with Crippen molar-refractivity contribution in [1.29, 1.82) is 0 Å². The fourth-order valence-corrected chi connectivity index (χ4v) is 2.41. The van der Waals surface area contributed by atoms with Crippen LogP contribution in [0.3, 0.4) is 0 Å². The van der Waals surface area contributed by atoms with Crippen molar-refractivity contribution >= 4 is 34.0 Å². The van der Waals surface area contributed by atoms with Crippen molar-refractivity contribution in [2.75, 3.05) is 0 Å². The molecule has 1 aliphatic rings. The maximum atomic E-state index is 12.2. The minimum Gasteiger partial charge on any atom is -0.361 e. The highest BCUT2D eigenvalue weighted by atomic mass is 35.5. The number of benzene rings is 1. The van der Waals surface area contributed by atoms with E-state index in [0.29, 0.717) is 15.5 Å². The van der Waals surface area contributed by atoms with Crippen molar-refractivity contribution < 1.29 is 25.8 Å². The number of rotatable bonds is 2. The van der Waals surface area contributed by atoms with Crippen LogP contribution in [-0.4, -0.2) is 20.2 Å². The van der Waals surface area contributed by atoms with Crippen LogP contribution < -0.4 is 15.8 Å². The van der Waals surface area contributed by atoms with Crippen LogP contribution in [0.4, 0.5) is 13.2 Å². The standard InChI is InChI=1S/C11H9ClF3NO3S/c1-6-2-3-9(12)8-5-16-10(4-7(6)8)19-20(17,18)11(13,14)15/h2-5,10,16H,1H3. The predicted molar refractivity (Wildman–Crippen MR) is 67.4 cm³/mol. The lowest BCUT2D eigenvalue weighted by Gasteiger charge is -2.18. The molecule has 0 saturated heterocycles. The lowest BCUT2D eigenvalue weighted by molar-refractivity contribution is -0.0560. The number of alkyl halides is 3. The van der Waals surface area contributed by atoms with Gasteiger partial charge in [0.05, 0.1) is 0 Å². The number of halogens is 4. The summed E-state index contributed by atoms with van der Waals surface area (Å²) in [6, 6.07) is 3.31. The molecule has 9 heteroatoms. The Hall–Kier alpha value is -1.25. The Labute approximate surface area is 117 Å². The Bertz CT molecular complexity index is 758. The number of hydrogen-bond donors (Lipinski definition) is 1. The second-order valence-electron chi connectivity index (χ2n) is 4.09. The van der Waals surface area contributed by atoms with Gasteiger partial charge in [-0.05, 0) is 29.8 Å². The molecule has 1 heterocycles. The Balaban J connectivity index is 2.41. The average molecular weight is 328 g/mol. The molecule has 0 saturated carbocycles. The second kappa shape index (κ2) is 4.94. The summed E-state index contributed by atoms with van der Waals surface area (Å²) >= 11 is 5.94. The Morgan fingerprint density at radius 2 is 1.95 bits per heavy atom. The molecule has 0 amide bonds. The quantitative estimate of drug-likeness (QED) is 0.649. The summed E-state index contributed by atoms with van der Waals surface area (Å²) in [6.45, 7) is 1.72. The summed E-state index contributed by atoms with van der Waals surface area (Å²) in [7, 11) is -5.67. The van der Waals surface area contributed by atoms with E-state index in [2.05, 4.69) is 9.50 Å². The molecule has 0 fully saturated rings. The fourth-order valence-electron chi connectivity index (χ4n) is 1.70. The summed E-state index contributed by atoms with van der Waals surface area (Å²) in [5.41, 5.74) is -4.73. The molecule has 1 aromatic rings. The van der Waals surface area contributed by atoms with Gasteiger partial charge >= 0.3 is 15.6 Å². The van der Waals surface area contributed by atoms with Gasteiger partial charge in [-0.3, -0.25) is 0 Å². The number of fused-ring (bicyclic) bond motifs is 1. The lowest BCUT2D eigenvalue weighted by atomic mass is 10.1. The van der Waals surface area contributed by atoms with Crippen molar-refractivity contribution in [3.8, 4) is 0 Å². The Kier molecular flexibility index (Phi) is 3.74. The molecule has 1 unspecified atom stereocenters. The normalized spacial score (nSPS) is 18.6. The van der Waals surface area contributed by atoms with Gasteiger partial charge in [-0.25, -0.2) is 4.18 Å². The van der Waals surface area contributed by atoms with E-state index in [1.807, 2.05) is 0 Å². The summed E-state index contributed by atoms with van der Waals surface area (Å²) < 4.78 is 62.7. The highest BCUT2D eigenvalue weighted by molar-refractivity contribution is 7.87. The van der Waals surface area contributed by atoms with Crippen LogP contribution >= 0.6 is 11.6 Å². The molecule has 1 N–H and O–H groups in total. The highest BCUT2D eigenvalue weighted by Crippen LogP contribution is 2.25. The second-order valence-corrected chi connectivity index (χ2v) is 6.06. The molecule has 0 bridgehead atoms. The molecule has 0 aromatic heterocycles. The van der Waals surface area contributed by atoms with Crippen LogP contribution in [0.2, 0.25) is 5.02 Å². The summed E-state index contributed by atoms with van der Waals surface area (Å²) in [4.78, 5) is 0. The van der Waals surface area contributed by atoms with Crippen molar-refractivity contribution in [2.45, 2.75) is 18.7 Å². The fraction of sp³-hybridized carbons (Fsp3) is 0.273. The zero-order valence-corrected chi connectivity index (χ0v) is 11.6. The molecular weight excluding hydrogens is 319 g/mol. The first-order chi connectivity index (χ1) is 9.12. The van der Waals surface area contributed by atoms with Crippen LogP contribution in [0.5, 0.6) is 0 Å². The van der Waals surface area contributed by atoms with Crippen LogP contribution in [0.25, 0.3) is 12.3 Å². The number of nitrogens with one attached hydrogen (secondary N) is 1. The van der Waals surface area contributed by atoms with E-state index in [-0.39, 0.29) is 0 Å². The SMILES string of the molecule is Cc1ccc(Cl)c2c1=CC(OS(=O)(=O)C(F)(F)F)NC=2. The number of hydrogen-bond acceptors (Lipinski definition) is 4. The van der Waals surface area contributed by atoms with E-state index in [1.165, 1.54) is 12.3 Å². The summed E-state index contributed by atoms with van der Waals surface area (Å²) in [6.07, 6.45) is 1.12. The zero-order chi connectivity index (χ0) is 15.1. The van der Waals surface area contributed by atoms with Gasteiger partial charge < -0.3 is 5.32 Å². The zero-order valence-electron chi connectivity index (χ0n) is 10.0. The van der Waals surface area contributed by atoms with E-state index in [1.54, 1.807) is 19.1 Å². The summed E-state index contributed by atoms with van der Waals surface area (Å²) in [5.74, 6) is 0. The van der Waals surface area contributed by atoms with Crippen LogP contribution in [-0.2, 0) is 14.3 Å². The summed E-state index contributed by atoms with van der Waals surface area (Å²) in [5, 5.41) is 3.89. The van der Waals surface area contributed by atoms with E-state index < -0.39 is 21.9 Å². The molecule has 0 radical (unpaired) electrons. The van der Waals surface area contributed by atoms with Gasteiger partial charge in [0, 0.05) is 16.4 Å². The largest absolute Gasteiger partial charge is 0.523 e. The molecule has 0 aliphatic carbocycles. The Morgan fingerprint density at radius 3 is 2.55 bits per heavy atom. The highest BCUT2D eigenvalue weighted by Gasteiger charge is 2.48. The minimum atomic E-state index is -5.67. The van der Waals surface area contributed by atoms with Crippen molar-refractivity contribution in [1.82, 2.24) is 5.32 Å². The molecule has 110 valence electrons. The average Bonchev–Trinajstić information content (AvgIpc) is 2.32. The van der Waals surface area contributed by atoms with E-state index in [0.717, 1.165) is 5.56 Å². The first-order valence-electron chi connectivity index (χ1n) is 5.34. The molecule has 0 spiro atoms. The first-order valence-corrected chi connectivity index (χ1v) is 7.13. The van der Waals surface area contributed by atoms with Crippen molar-refractivity contribution in [3.63, 3.8) is 0 Å². The van der Waals surface area contributed by atoms with E-state index in [9.17, 15) is 21.6 Å². The van der Waals surface area contributed by atoms with Gasteiger partial charge in [0.25, 0.3) is 0 Å². The number of aryl methyl sites for hydroxylation is 1. The molecule has 4 nitrogen and oxygen atoms in total. The monoisotopic (exact) mass is 327 g/mol.